The third-order valence-corrected chi connectivity index (χ3v) is 22.8. The minimum Gasteiger partial charge on any atom is -0.499 e. The number of fused-ring (bicyclic) bond motifs is 15. The van der Waals surface area contributed by atoms with Crippen LogP contribution in [0.5, 0.6) is 5.75 Å². The number of nitrogens with one attached hydrogen (secondary N) is 5. The van der Waals surface area contributed by atoms with Crippen LogP contribution in [0, 0.1) is 0 Å². The molecular formula is C67H70N14O22S5. The second-order valence-electron chi connectivity index (χ2n) is 26.1. The number of carbonyl (C=O) groups is 8. The van der Waals surface area contributed by atoms with Crippen molar-refractivity contribution >= 4 is 121 Å². The summed E-state index contributed by atoms with van der Waals surface area (Å²) >= 11 is 4.27. The summed E-state index contributed by atoms with van der Waals surface area (Å²) in [5, 5.41) is 88.6. The van der Waals surface area contributed by atoms with Crippen LogP contribution < -0.4 is 37.1 Å². The molecule has 0 saturated carbocycles. The molecule has 5 aliphatic heterocycles. The first-order valence-electron chi connectivity index (χ1n) is 33.0. The summed E-state index contributed by atoms with van der Waals surface area (Å²) in [5.41, 5.74) is 1.42. The number of rotatable bonds is 11. The van der Waals surface area contributed by atoms with E-state index in [9.17, 15) is 49.9 Å². The number of amides is 6. The van der Waals surface area contributed by atoms with Gasteiger partial charge in [-0.2, -0.15) is 4.73 Å². The summed E-state index contributed by atoms with van der Waals surface area (Å²) in [5.74, 6) is -8.43. The highest BCUT2D eigenvalue weighted by Gasteiger charge is 2.51. The van der Waals surface area contributed by atoms with E-state index >= 15 is 19.2 Å². The Bertz CT molecular complexity index is 4950. The molecule has 41 heteroatoms. The van der Waals surface area contributed by atoms with Crippen LogP contribution >= 0.6 is 56.7 Å². The minimum atomic E-state index is -1.95. The Morgan fingerprint density at radius 1 is 0.806 bits per heavy atom. The number of hydrogen-bond acceptors (Lipinski definition) is 34. The summed E-state index contributed by atoms with van der Waals surface area (Å²) in [7, 11) is 4.80. The molecule has 1 aromatic carbocycles. The van der Waals surface area contributed by atoms with Crippen molar-refractivity contribution in [1.29, 1.82) is 0 Å². The number of cyclic esters (lactones) is 2. The molecule has 12 heterocycles. The summed E-state index contributed by atoms with van der Waals surface area (Å²) < 4.78 is 50.6. The van der Waals surface area contributed by atoms with Crippen LogP contribution in [0.15, 0.2) is 69.2 Å². The van der Waals surface area contributed by atoms with Gasteiger partial charge in [0, 0.05) is 49.8 Å². The van der Waals surface area contributed by atoms with Crippen LogP contribution in [0.2, 0.25) is 0 Å². The fraction of sp³-hybridized carbons (Fsp3) is 0.403. The number of hydrogen-bond donors (Lipinski definition) is 12. The summed E-state index contributed by atoms with van der Waals surface area (Å²) in [4.78, 5) is 146. The zero-order valence-electron chi connectivity index (χ0n) is 58.2. The molecule has 2 saturated heterocycles. The van der Waals surface area contributed by atoms with Gasteiger partial charge in [0.1, 0.15) is 132 Å². The topological polar surface area (TPSA) is 503 Å². The Hall–Kier alpha value is -9.70. The molecule has 12 bridgehead atoms. The average molecular weight is 1580 g/mol. The molecule has 0 spiro atoms. The van der Waals surface area contributed by atoms with Crippen molar-refractivity contribution in [1.82, 2.24) is 66.1 Å². The van der Waals surface area contributed by atoms with Gasteiger partial charge in [-0.05, 0) is 66.4 Å². The van der Waals surface area contributed by atoms with Crippen molar-refractivity contribution < 1.29 is 107 Å². The van der Waals surface area contributed by atoms with Crippen LogP contribution in [0.25, 0.3) is 49.3 Å². The van der Waals surface area contributed by atoms with Crippen molar-refractivity contribution in [3.63, 3.8) is 0 Å². The summed E-state index contributed by atoms with van der Waals surface area (Å²) in [6.45, 7) is 8.95. The number of methoxy groups -OCH3 is 1. The van der Waals surface area contributed by atoms with E-state index in [1.165, 1.54) is 66.9 Å². The van der Waals surface area contributed by atoms with Crippen LogP contribution in [0.3, 0.4) is 0 Å². The molecule has 13 rings (SSSR count). The van der Waals surface area contributed by atoms with Crippen molar-refractivity contribution in [2.45, 2.75) is 145 Å². The Balaban J connectivity index is 1.01. The van der Waals surface area contributed by atoms with Gasteiger partial charge in [-0.25, -0.2) is 39.5 Å². The van der Waals surface area contributed by atoms with Crippen molar-refractivity contribution in [2.24, 2.45) is 5.73 Å². The highest BCUT2D eigenvalue weighted by molar-refractivity contribution is 7.14. The lowest BCUT2D eigenvalue weighted by Gasteiger charge is -2.48. The van der Waals surface area contributed by atoms with Crippen LogP contribution in [0.1, 0.15) is 132 Å². The van der Waals surface area contributed by atoms with Crippen LogP contribution in [-0.4, -0.2) is 225 Å². The number of nitrogens with two attached hydrogens (primary N) is 1. The molecule has 570 valence electrons. The van der Waals surface area contributed by atoms with Crippen molar-refractivity contribution in [2.75, 3.05) is 27.8 Å². The number of allylic oxidation sites excluding steroid dienone is 1. The number of aliphatic hydroxyl groups is 5. The van der Waals surface area contributed by atoms with Gasteiger partial charge in [0.2, 0.25) is 12.2 Å². The maximum absolute atomic E-state index is 15.3. The fourth-order valence-corrected chi connectivity index (χ4v) is 17.2. The van der Waals surface area contributed by atoms with E-state index in [0.29, 0.717) is 4.73 Å². The number of aliphatic hydroxyl groups excluding tert-OH is 4. The lowest BCUT2D eigenvalue weighted by molar-refractivity contribution is -0.280. The Labute approximate surface area is 631 Å². The van der Waals surface area contributed by atoms with E-state index in [-0.39, 0.29) is 116 Å². The second-order valence-corrected chi connectivity index (χ2v) is 30.5. The number of pyridine rings is 1. The molecule has 6 amide bonds. The maximum Gasteiger partial charge on any atom is 0.358 e. The third-order valence-electron chi connectivity index (χ3n) is 18.4. The van der Waals surface area contributed by atoms with Gasteiger partial charge in [0.05, 0.1) is 54.9 Å². The minimum absolute atomic E-state index is 0.00497. The first-order valence-corrected chi connectivity index (χ1v) is 37.4. The highest BCUT2D eigenvalue weighted by atomic mass is 32.1. The molecule has 15 atom stereocenters. The number of benzene rings is 1. The average Bonchev–Trinajstić information content (AvgIpc) is 1.54. The van der Waals surface area contributed by atoms with Gasteiger partial charge in [0.15, 0.2) is 23.8 Å². The van der Waals surface area contributed by atoms with Gasteiger partial charge in [-0.1, -0.05) is 18.7 Å². The van der Waals surface area contributed by atoms with E-state index in [1.54, 1.807) is 45.0 Å². The van der Waals surface area contributed by atoms with Gasteiger partial charge in [0.25, 0.3) is 29.5 Å². The quantitative estimate of drug-likeness (QED) is 0.0383. The monoisotopic (exact) mass is 1580 g/mol. The fourth-order valence-electron chi connectivity index (χ4n) is 13.0. The van der Waals surface area contributed by atoms with Gasteiger partial charge in [-0.15, -0.1) is 56.7 Å². The zero-order valence-corrected chi connectivity index (χ0v) is 62.3. The van der Waals surface area contributed by atoms with Crippen LogP contribution in [-0.2, 0) is 60.8 Å². The summed E-state index contributed by atoms with van der Waals surface area (Å²) in [6, 6.07) is 0.468. The maximum atomic E-state index is 15.3. The molecule has 8 aromatic rings. The lowest BCUT2D eigenvalue weighted by Crippen LogP contribution is -2.62. The van der Waals surface area contributed by atoms with E-state index < -0.39 is 170 Å². The van der Waals surface area contributed by atoms with Gasteiger partial charge in [-0.3, -0.25) is 28.8 Å². The Morgan fingerprint density at radius 3 is 2.19 bits per heavy atom. The second kappa shape index (κ2) is 30.8. The number of nitrogens with zero attached hydrogens (tertiary/aromatic N) is 8. The van der Waals surface area contributed by atoms with E-state index in [1.807, 2.05) is 0 Å². The number of likely N-dealkylation sites (N-methyl/N-ethyl adjacent to an activating group) is 1. The highest BCUT2D eigenvalue weighted by Crippen LogP contribution is 2.44. The number of thiazole rings is 5. The Kier molecular flexibility index (Phi) is 21.8. The number of aromatic nitrogens is 7. The predicted octanol–water partition coefficient (Wildman–Crippen LogP) is 2.39. The lowest BCUT2D eigenvalue weighted by atomic mass is 9.85. The first kappa shape index (κ1) is 76.5. The van der Waals surface area contributed by atoms with E-state index in [0.717, 1.165) is 56.7 Å². The molecule has 7 aromatic heterocycles. The van der Waals surface area contributed by atoms with Gasteiger partial charge >= 0.3 is 11.9 Å². The largest absolute Gasteiger partial charge is 0.499 e. The molecule has 15 unspecified atom stereocenters. The van der Waals surface area contributed by atoms with Crippen molar-refractivity contribution in [3.8, 4) is 38.4 Å². The smallest absolute Gasteiger partial charge is 0.358 e. The third kappa shape index (κ3) is 15.0. The Morgan fingerprint density at radius 2 is 1.47 bits per heavy atom. The molecular weight excluding hydrogens is 1510 g/mol. The predicted molar refractivity (Wildman–Crippen MR) is 381 cm³/mol. The first-order chi connectivity index (χ1) is 51.4. The summed E-state index contributed by atoms with van der Waals surface area (Å²) in [6.07, 6.45) is -16.0. The van der Waals surface area contributed by atoms with E-state index in [4.69, 9.17) is 58.6 Å². The standard InChI is InChI=1S/C67H70N14O22S5/c1-23(53(68)86)69-54(87)33-20-107-62(74-33)44-38(102-66-49(85)48(84)47(83)26(4)101-66)13-29-43(76-44)32-18-105-60(71-32)31-17-99-64(92)46-30-16-97-50(51(103-39-14-67(6,94)52(80(7)8)27(5)100-39)65(93)98-15-28-11-10-12-37(40(28)30)81(46)95)45(63-75-34(21-108-63)55(88)70-31)79-57(90)36-22-106-61(73-36)42(25(3)96-9)78-58(91)41(24(2)82)77-56(89)35-19-104-59(29)72-35/h10-13,18-22,24,26-27,31,39,41,45,47-52,66,82-85,94-95H,1,14-17H2,2-9H3,(H2,68,86)(H,69,87)(H,70,88)(H,77,89)(H,78,91)(H,79,90). The van der Waals surface area contributed by atoms with Crippen LogP contribution in [0.4, 0.5) is 0 Å². The number of primary amides is 1. The van der Waals surface area contributed by atoms with E-state index in [2.05, 4.69) is 48.1 Å². The molecule has 5 aliphatic rings. The molecule has 13 N–H and O–H groups in total. The molecule has 0 aliphatic carbocycles. The number of ether oxygens (including phenoxy) is 8. The zero-order chi connectivity index (χ0) is 77.2. The molecule has 0 radical (unpaired) electrons. The molecule has 108 heavy (non-hydrogen) atoms. The number of carbonyl (C=O) groups excluding carboxylic acids is 8. The van der Waals surface area contributed by atoms with Crippen molar-refractivity contribution in [3.05, 3.63) is 124 Å². The normalized spacial score (nSPS) is 27.2. The van der Waals surface area contributed by atoms with Gasteiger partial charge < -0.3 is 106 Å². The molecule has 2 fully saturated rings. The molecule has 36 nitrogen and oxygen atoms in total. The number of esters is 2. The SMILES string of the molecule is C=C(NC(=O)c1csc(-c2nc3c(cc2OC2OC(C)C(O)C(O)C2O)-c2nc(cs2)C(=O)NC(C(C)O)C(=O)NC(=C(C)OC)c2nc(cs2)C(=O)NC2c4nc(cs4)C(=O)NC(COC(=O)c4c5c6c(cccc6n4O)COC(=O)C(OC4CC(C)(O)C(N(C)C)C(C)O4)C2OC5)c2nc-3cs2)n1)C(N)=O.